The van der Waals surface area contributed by atoms with Crippen LogP contribution in [0.2, 0.25) is 0 Å². The Hall–Kier alpha value is -1.42. The maximum Gasteiger partial charge on any atom is 0.241 e. The Balaban J connectivity index is 2.18. The van der Waals surface area contributed by atoms with Crippen molar-refractivity contribution in [1.82, 2.24) is 10.2 Å². The maximum absolute atomic E-state index is 13.1. The number of rotatable bonds is 6. The van der Waals surface area contributed by atoms with Crippen molar-refractivity contribution in [2.45, 2.75) is 52.2 Å². The van der Waals surface area contributed by atoms with E-state index in [2.05, 4.69) is 26.1 Å². The Morgan fingerprint density at radius 2 is 1.95 bits per heavy atom. The average Bonchev–Trinajstić information content (AvgIpc) is 2.75. The highest BCUT2D eigenvalue weighted by atomic mass is 19.1. The molecule has 1 saturated heterocycles. The first-order valence-corrected chi connectivity index (χ1v) is 7.85. The highest BCUT2D eigenvalue weighted by molar-refractivity contribution is 5.84. The molecule has 3 nitrogen and oxygen atoms in total. The summed E-state index contributed by atoms with van der Waals surface area (Å²) in [6, 6.07) is 6.32. The standard InChI is InChI=1S/C17H25FN2O/c1-4-5-15-17(21)20(11-10-12(2)3)16(19-15)13-6-8-14(18)9-7-13/h6-9,12,15-16,19H,4-5,10-11H2,1-3H3. The first kappa shape index (κ1) is 16.0. The highest BCUT2D eigenvalue weighted by Gasteiger charge is 2.38. The number of carbonyl (C=O) groups excluding carboxylic acids is 1. The van der Waals surface area contributed by atoms with Crippen molar-refractivity contribution in [2.75, 3.05) is 6.54 Å². The minimum absolute atomic E-state index is 0.114. The second kappa shape index (κ2) is 7.03. The summed E-state index contributed by atoms with van der Waals surface area (Å²) in [5, 5.41) is 3.41. The minimum atomic E-state index is -0.248. The number of carbonyl (C=O) groups is 1. The molecule has 1 heterocycles. The van der Waals surface area contributed by atoms with Gasteiger partial charge < -0.3 is 4.90 Å². The largest absolute Gasteiger partial charge is 0.322 e. The predicted molar refractivity (Wildman–Crippen MR) is 82.1 cm³/mol. The molecule has 1 N–H and O–H groups in total. The maximum atomic E-state index is 13.1. The van der Waals surface area contributed by atoms with Gasteiger partial charge in [-0.05, 0) is 36.5 Å². The molecule has 1 fully saturated rings. The third-order valence-electron chi connectivity index (χ3n) is 3.96. The molecule has 1 aromatic carbocycles. The van der Waals surface area contributed by atoms with Gasteiger partial charge in [0.15, 0.2) is 0 Å². The van der Waals surface area contributed by atoms with E-state index in [-0.39, 0.29) is 23.9 Å². The van der Waals surface area contributed by atoms with Gasteiger partial charge in [-0.2, -0.15) is 0 Å². The van der Waals surface area contributed by atoms with E-state index in [0.717, 1.165) is 31.4 Å². The Bertz CT molecular complexity index is 472. The smallest absolute Gasteiger partial charge is 0.241 e. The van der Waals surface area contributed by atoms with Crippen molar-refractivity contribution >= 4 is 5.91 Å². The van der Waals surface area contributed by atoms with Crippen LogP contribution in [0.1, 0.15) is 51.8 Å². The Morgan fingerprint density at radius 1 is 1.29 bits per heavy atom. The van der Waals surface area contributed by atoms with Crippen LogP contribution in [-0.4, -0.2) is 23.4 Å². The van der Waals surface area contributed by atoms with Gasteiger partial charge in [-0.25, -0.2) is 4.39 Å². The lowest BCUT2D eigenvalue weighted by atomic mass is 10.1. The monoisotopic (exact) mass is 292 g/mol. The normalized spacial score (nSPS) is 22.3. The third-order valence-corrected chi connectivity index (χ3v) is 3.96. The van der Waals surface area contributed by atoms with Gasteiger partial charge in [-0.15, -0.1) is 0 Å². The predicted octanol–water partition coefficient (Wildman–Crippen LogP) is 3.47. The fourth-order valence-corrected chi connectivity index (χ4v) is 2.73. The van der Waals surface area contributed by atoms with Gasteiger partial charge >= 0.3 is 0 Å². The quantitative estimate of drug-likeness (QED) is 0.870. The molecule has 0 saturated carbocycles. The Kier molecular flexibility index (Phi) is 5.34. The molecular weight excluding hydrogens is 267 g/mol. The molecule has 21 heavy (non-hydrogen) atoms. The number of hydrogen-bond acceptors (Lipinski definition) is 2. The third kappa shape index (κ3) is 3.82. The van der Waals surface area contributed by atoms with Crippen molar-refractivity contribution < 1.29 is 9.18 Å². The number of benzene rings is 1. The number of amides is 1. The van der Waals surface area contributed by atoms with E-state index >= 15 is 0 Å². The van der Waals surface area contributed by atoms with Gasteiger partial charge in [0.2, 0.25) is 5.91 Å². The molecule has 4 heteroatoms. The summed E-state index contributed by atoms with van der Waals surface area (Å²) in [4.78, 5) is 14.5. The van der Waals surface area contributed by atoms with E-state index in [1.54, 1.807) is 12.1 Å². The zero-order valence-corrected chi connectivity index (χ0v) is 13.1. The van der Waals surface area contributed by atoms with Crippen molar-refractivity contribution in [2.24, 2.45) is 5.92 Å². The molecular formula is C17H25FN2O. The van der Waals surface area contributed by atoms with Gasteiger partial charge in [-0.3, -0.25) is 10.1 Å². The molecule has 0 bridgehead atoms. The molecule has 2 unspecified atom stereocenters. The van der Waals surface area contributed by atoms with Crippen LogP contribution in [0.15, 0.2) is 24.3 Å². The summed E-state index contributed by atoms with van der Waals surface area (Å²) in [5.41, 5.74) is 0.951. The Morgan fingerprint density at radius 3 is 2.52 bits per heavy atom. The second-order valence-electron chi connectivity index (χ2n) is 6.18. The van der Waals surface area contributed by atoms with E-state index in [0.29, 0.717) is 5.92 Å². The van der Waals surface area contributed by atoms with Gasteiger partial charge in [0, 0.05) is 6.54 Å². The second-order valence-corrected chi connectivity index (χ2v) is 6.18. The van der Waals surface area contributed by atoms with Gasteiger partial charge in [0.1, 0.15) is 12.0 Å². The number of halogens is 1. The molecule has 2 atom stereocenters. The van der Waals surface area contributed by atoms with Gasteiger partial charge in [0.05, 0.1) is 6.04 Å². The van der Waals surface area contributed by atoms with Crippen LogP contribution in [0, 0.1) is 11.7 Å². The molecule has 1 aliphatic rings. The van der Waals surface area contributed by atoms with Gasteiger partial charge in [0.25, 0.3) is 0 Å². The van der Waals surface area contributed by atoms with Crippen molar-refractivity contribution in [3.63, 3.8) is 0 Å². The van der Waals surface area contributed by atoms with Crippen LogP contribution in [0.3, 0.4) is 0 Å². The van der Waals surface area contributed by atoms with E-state index in [4.69, 9.17) is 0 Å². The first-order valence-electron chi connectivity index (χ1n) is 7.85. The van der Waals surface area contributed by atoms with Crippen LogP contribution in [0.5, 0.6) is 0 Å². The summed E-state index contributed by atoms with van der Waals surface area (Å²) < 4.78 is 13.1. The molecule has 2 rings (SSSR count). The minimum Gasteiger partial charge on any atom is -0.322 e. The van der Waals surface area contributed by atoms with Crippen molar-refractivity contribution in [1.29, 1.82) is 0 Å². The Labute approximate surface area is 126 Å². The fourth-order valence-electron chi connectivity index (χ4n) is 2.73. The summed E-state index contributed by atoms with van der Waals surface area (Å²) in [6.45, 7) is 7.14. The highest BCUT2D eigenvalue weighted by Crippen LogP contribution is 2.27. The number of nitrogens with one attached hydrogen (secondary N) is 1. The topological polar surface area (TPSA) is 32.3 Å². The number of hydrogen-bond donors (Lipinski definition) is 1. The lowest BCUT2D eigenvalue weighted by Gasteiger charge is -2.25. The van der Waals surface area contributed by atoms with Crippen LogP contribution < -0.4 is 5.32 Å². The van der Waals surface area contributed by atoms with Crippen molar-refractivity contribution in [3.8, 4) is 0 Å². The summed E-state index contributed by atoms with van der Waals surface area (Å²) >= 11 is 0. The van der Waals surface area contributed by atoms with E-state index in [9.17, 15) is 9.18 Å². The first-order chi connectivity index (χ1) is 10.0. The van der Waals surface area contributed by atoms with Crippen LogP contribution >= 0.6 is 0 Å². The van der Waals surface area contributed by atoms with E-state index < -0.39 is 0 Å². The molecule has 1 aromatic rings. The van der Waals surface area contributed by atoms with E-state index in [1.807, 2.05) is 4.90 Å². The average molecular weight is 292 g/mol. The van der Waals surface area contributed by atoms with Gasteiger partial charge in [-0.1, -0.05) is 39.3 Å². The summed E-state index contributed by atoms with van der Waals surface area (Å²) in [5.74, 6) is 0.477. The lowest BCUT2D eigenvalue weighted by molar-refractivity contribution is -0.130. The molecule has 0 aliphatic carbocycles. The zero-order chi connectivity index (χ0) is 15.4. The summed E-state index contributed by atoms with van der Waals surface area (Å²) in [7, 11) is 0. The SMILES string of the molecule is CCCC1NC(c2ccc(F)cc2)N(CCC(C)C)C1=O. The van der Waals surface area contributed by atoms with E-state index in [1.165, 1.54) is 12.1 Å². The molecule has 0 radical (unpaired) electrons. The van der Waals surface area contributed by atoms with Crippen LogP contribution in [0.4, 0.5) is 4.39 Å². The molecule has 0 spiro atoms. The molecule has 0 aromatic heterocycles. The van der Waals surface area contributed by atoms with Crippen LogP contribution in [-0.2, 0) is 4.79 Å². The molecule has 1 aliphatic heterocycles. The zero-order valence-electron chi connectivity index (χ0n) is 13.1. The fraction of sp³-hybridized carbons (Fsp3) is 0.588. The van der Waals surface area contributed by atoms with Crippen LogP contribution in [0.25, 0.3) is 0 Å². The lowest BCUT2D eigenvalue weighted by Crippen LogP contribution is -2.32. The molecule has 1 amide bonds. The summed E-state index contributed by atoms with van der Waals surface area (Å²) in [6.07, 6.45) is 2.66. The van der Waals surface area contributed by atoms with Crippen molar-refractivity contribution in [3.05, 3.63) is 35.6 Å². The number of nitrogens with zero attached hydrogens (tertiary/aromatic N) is 1. The molecule has 116 valence electrons.